The number of unbranched alkanes of at least 4 members (excludes halogenated alkanes) is 1. The zero-order chi connectivity index (χ0) is 12.7. The Kier molecular flexibility index (Phi) is 6.45. The minimum absolute atomic E-state index is 0.223. The van der Waals surface area contributed by atoms with Crippen LogP contribution in [0.1, 0.15) is 36.5 Å². The van der Waals surface area contributed by atoms with Gasteiger partial charge in [0.15, 0.2) is 5.78 Å². The predicted molar refractivity (Wildman–Crippen MR) is 75.5 cm³/mol. The van der Waals surface area contributed by atoms with Crippen molar-refractivity contribution in [2.45, 2.75) is 26.2 Å². The molecule has 0 atom stereocenters. The topological polar surface area (TPSA) is 20.3 Å². The fourth-order valence-corrected chi connectivity index (χ4v) is 1.88. The standard InChI is InChI=1S/C14H20BrNO/c1-3-4-10-16(2)11-9-14(17)12-5-7-13(15)8-6-12/h5-8H,3-4,9-11H2,1-2H3. The van der Waals surface area contributed by atoms with Crippen LogP contribution in [-0.4, -0.2) is 30.8 Å². The lowest BCUT2D eigenvalue weighted by Gasteiger charge is -2.15. The van der Waals surface area contributed by atoms with Crippen LogP contribution in [0.25, 0.3) is 0 Å². The van der Waals surface area contributed by atoms with Crippen molar-refractivity contribution in [1.82, 2.24) is 4.90 Å². The Morgan fingerprint density at radius 2 is 1.88 bits per heavy atom. The first-order valence-electron chi connectivity index (χ1n) is 6.10. The first-order valence-corrected chi connectivity index (χ1v) is 6.90. The summed E-state index contributed by atoms with van der Waals surface area (Å²) < 4.78 is 1.01. The van der Waals surface area contributed by atoms with Crippen LogP contribution in [0.2, 0.25) is 0 Å². The molecule has 0 bridgehead atoms. The van der Waals surface area contributed by atoms with E-state index in [9.17, 15) is 4.79 Å². The fraction of sp³-hybridized carbons (Fsp3) is 0.500. The second-order valence-corrected chi connectivity index (χ2v) is 5.25. The van der Waals surface area contributed by atoms with Crippen molar-refractivity contribution in [1.29, 1.82) is 0 Å². The summed E-state index contributed by atoms with van der Waals surface area (Å²) in [7, 11) is 2.07. The number of carbonyl (C=O) groups excluding carboxylic acids is 1. The first-order chi connectivity index (χ1) is 8.13. The normalized spacial score (nSPS) is 10.8. The number of nitrogens with zero attached hydrogens (tertiary/aromatic N) is 1. The minimum atomic E-state index is 0.223. The number of benzene rings is 1. The number of halogens is 1. The molecule has 0 aliphatic carbocycles. The summed E-state index contributed by atoms with van der Waals surface area (Å²) in [5.74, 6) is 0.223. The van der Waals surface area contributed by atoms with Gasteiger partial charge in [-0.1, -0.05) is 41.4 Å². The number of hydrogen-bond donors (Lipinski definition) is 0. The molecule has 0 aliphatic heterocycles. The van der Waals surface area contributed by atoms with Gasteiger partial charge in [-0.3, -0.25) is 4.79 Å². The maximum absolute atomic E-state index is 11.9. The van der Waals surface area contributed by atoms with E-state index in [1.807, 2.05) is 24.3 Å². The second kappa shape index (κ2) is 7.62. The van der Waals surface area contributed by atoms with Crippen LogP contribution < -0.4 is 0 Å². The maximum Gasteiger partial charge on any atom is 0.164 e. The van der Waals surface area contributed by atoms with Gasteiger partial charge in [0.05, 0.1) is 0 Å². The average Bonchev–Trinajstić information content (AvgIpc) is 2.34. The van der Waals surface area contributed by atoms with Gasteiger partial charge in [0.1, 0.15) is 0 Å². The van der Waals surface area contributed by atoms with Crippen LogP contribution in [0.15, 0.2) is 28.7 Å². The molecule has 0 spiro atoms. The molecule has 0 aromatic heterocycles. The molecule has 0 radical (unpaired) electrons. The largest absolute Gasteiger partial charge is 0.306 e. The molecular weight excluding hydrogens is 278 g/mol. The molecule has 0 saturated heterocycles. The molecule has 94 valence electrons. The Morgan fingerprint density at radius 3 is 2.47 bits per heavy atom. The molecule has 0 N–H and O–H groups in total. The van der Waals surface area contributed by atoms with Gasteiger partial charge in [-0.15, -0.1) is 0 Å². The molecule has 3 heteroatoms. The Labute approximate surface area is 112 Å². The van der Waals surface area contributed by atoms with Crippen molar-refractivity contribution in [3.63, 3.8) is 0 Å². The summed E-state index contributed by atoms with van der Waals surface area (Å²) in [6, 6.07) is 7.57. The van der Waals surface area contributed by atoms with Crippen molar-refractivity contribution < 1.29 is 4.79 Å². The van der Waals surface area contributed by atoms with Gasteiger partial charge in [0.25, 0.3) is 0 Å². The van der Waals surface area contributed by atoms with E-state index in [-0.39, 0.29) is 5.78 Å². The zero-order valence-corrected chi connectivity index (χ0v) is 12.2. The van der Waals surface area contributed by atoms with Crippen LogP contribution in [0.3, 0.4) is 0 Å². The monoisotopic (exact) mass is 297 g/mol. The van der Waals surface area contributed by atoms with E-state index in [1.165, 1.54) is 12.8 Å². The van der Waals surface area contributed by atoms with Crippen LogP contribution in [0.5, 0.6) is 0 Å². The summed E-state index contributed by atoms with van der Waals surface area (Å²) in [5, 5.41) is 0. The summed E-state index contributed by atoms with van der Waals surface area (Å²) in [6.45, 7) is 4.10. The second-order valence-electron chi connectivity index (χ2n) is 4.34. The molecule has 0 fully saturated rings. The van der Waals surface area contributed by atoms with E-state index in [1.54, 1.807) is 0 Å². The van der Waals surface area contributed by atoms with Crippen molar-refractivity contribution >= 4 is 21.7 Å². The number of rotatable bonds is 7. The zero-order valence-electron chi connectivity index (χ0n) is 10.6. The Balaban J connectivity index is 2.36. The molecule has 0 aliphatic rings. The molecule has 17 heavy (non-hydrogen) atoms. The Bertz CT molecular complexity index is 348. The number of hydrogen-bond acceptors (Lipinski definition) is 2. The predicted octanol–water partition coefficient (Wildman–Crippen LogP) is 3.75. The van der Waals surface area contributed by atoms with Crippen molar-refractivity contribution in [2.75, 3.05) is 20.1 Å². The summed E-state index contributed by atoms with van der Waals surface area (Å²) in [5.41, 5.74) is 0.803. The van der Waals surface area contributed by atoms with Crippen molar-refractivity contribution in [3.05, 3.63) is 34.3 Å². The number of Topliss-reactive ketones (excluding diaryl/α,β-unsaturated/α-hetero) is 1. The smallest absolute Gasteiger partial charge is 0.164 e. The van der Waals surface area contributed by atoms with Gasteiger partial charge >= 0.3 is 0 Å². The van der Waals surface area contributed by atoms with Gasteiger partial charge in [0.2, 0.25) is 0 Å². The summed E-state index contributed by atoms with van der Waals surface area (Å²) in [4.78, 5) is 14.1. The van der Waals surface area contributed by atoms with Gasteiger partial charge in [-0.25, -0.2) is 0 Å². The third-order valence-electron chi connectivity index (χ3n) is 2.78. The highest BCUT2D eigenvalue weighted by atomic mass is 79.9. The molecule has 1 aromatic rings. The lowest BCUT2D eigenvalue weighted by Crippen LogP contribution is -2.22. The summed E-state index contributed by atoms with van der Waals surface area (Å²) in [6.07, 6.45) is 3.00. The van der Waals surface area contributed by atoms with E-state index in [0.717, 1.165) is 23.1 Å². The molecule has 1 rings (SSSR count). The SMILES string of the molecule is CCCCN(C)CCC(=O)c1ccc(Br)cc1. The Hall–Kier alpha value is -0.670. The average molecular weight is 298 g/mol. The highest BCUT2D eigenvalue weighted by Crippen LogP contribution is 2.12. The molecule has 0 unspecified atom stereocenters. The van der Waals surface area contributed by atoms with E-state index in [0.29, 0.717) is 6.42 Å². The molecule has 2 nitrogen and oxygen atoms in total. The minimum Gasteiger partial charge on any atom is -0.306 e. The highest BCUT2D eigenvalue weighted by Gasteiger charge is 2.07. The van der Waals surface area contributed by atoms with E-state index in [2.05, 4.69) is 34.8 Å². The van der Waals surface area contributed by atoms with E-state index >= 15 is 0 Å². The maximum atomic E-state index is 11.9. The fourth-order valence-electron chi connectivity index (χ4n) is 1.61. The molecule has 0 amide bonds. The van der Waals surface area contributed by atoms with Gasteiger partial charge in [-0.05, 0) is 32.1 Å². The quantitative estimate of drug-likeness (QED) is 0.714. The van der Waals surface area contributed by atoms with Gasteiger partial charge in [0, 0.05) is 23.0 Å². The van der Waals surface area contributed by atoms with Gasteiger partial charge in [-0.2, -0.15) is 0 Å². The van der Waals surface area contributed by atoms with Gasteiger partial charge < -0.3 is 4.90 Å². The van der Waals surface area contributed by atoms with Crippen LogP contribution in [0, 0.1) is 0 Å². The van der Waals surface area contributed by atoms with Crippen LogP contribution in [0.4, 0.5) is 0 Å². The summed E-state index contributed by atoms with van der Waals surface area (Å²) >= 11 is 3.37. The lowest BCUT2D eigenvalue weighted by atomic mass is 10.1. The van der Waals surface area contributed by atoms with Crippen LogP contribution >= 0.6 is 15.9 Å². The van der Waals surface area contributed by atoms with E-state index in [4.69, 9.17) is 0 Å². The number of ketones is 1. The molecular formula is C14H20BrNO. The molecule has 1 aromatic carbocycles. The van der Waals surface area contributed by atoms with Crippen LogP contribution in [-0.2, 0) is 0 Å². The molecule has 0 saturated carbocycles. The molecule has 0 heterocycles. The van der Waals surface area contributed by atoms with Crippen molar-refractivity contribution in [3.8, 4) is 0 Å². The highest BCUT2D eigenvalue weighted by molar-refractivity contribution is 9.10. The first kappa shape index (κ1) is 14.4. The third kappa shape index (κ3) is 5.46. The van der Waals surface area contributed by atoms with E-state index < -0.39 is 0 Å². The van der Waals surface area contributed by atoms with Crippen molar-refractivity contribution in [2.24, 2.45) is 0 Å². The number of carbonyl (C=O) groups is 1. The third-order valence-corrected chi connectivity index (χ3v) is 3.31. The Morgan fingerprint density at radius 1 is 1.24 bits per heavy atom. The lowest BCUT2D eigenvalue weighted by molar-refractivity contribution is 0.0969.